The maximum absolute atomic E-state index is 14.0. The van der Waals surface area contributed by atoms with Crippen LogP contribution in [0.3, 0.4) is 0 Å². The van der Waals surface area contributed by atoms with E-state index in [-0.39, 0.29) is 40.4 Å². The zero-order valence-corrected chi connectivity index (χ0v) is 34.7. The number of carbonyl (C=O) groups excluding carboxylic acids is 1. The third-order valence-corrected chi connectivity index (χ3v) is 11.2. The van der Waals surface area contributed by atoms with Gasteiger partial charge in [-0.05, 0) is 80.7 Å². The first-order valence-corrected chi connectivity index (χ1v) is 20.4. The van der Waals surface area contributed by atoms with Crippen LogP contribution in [0, 0.1) is 40.7 Å². The predicted molar refractivity (Wildman–Crippen MR) is 216 cm³/mol. The molecular formula is C39H38ClF10N7OS2. The van der Waals surface area contributed by atoms with Crippen molar-refractivity contribution >= 4 is 64.2 Å². The monoisotopic (exact) mass is 909 g/mol. The van der Waals surface area contributed by atoms with Crippen molar-refractivity contribution in [3.63, 3.8) is 0 Å². The molecule has 1 saturated carbocycles. The van der Waals surface area contributed by atoms with E-state index in [0.717, 1.165) is 10.7 Å². The summed E-state index contributed by atoms with van der Waals surface area (Å²) in [5, 5.41) is 11.6. The van der Waals surface area contributed by atoms with Gasteiger partial charge in [-0.3, -0.25) is 14.9 Å². The van der Waals surface area contributed by atoms with Crippen LogP contribution in [0.15, 0.2) is 53.7 Å². The van der Waals surface area contributed by atoms with E-state index in [0.29, 0.717) is 33.5 Å². The van der Waals surface area contributed by atoms with Gasteiger partial charge in [-0.15, -0.1) is 11.8 Å². The zero-order valence-electron chi connectivity index (χ0n) is 32.4. The van der Waals surface area contributed by atoms with Crippen molar-refractivity contribution in [2.24, 2.45) is 23.3 Å². The van der Waals surface area contributed by atoms with Crippen LogP contribution in [-0.2, 0) is 17.8 Å². The van der Waals surface area contributed by atoms with Gasteiger partial charge < -0.3 is 16.2 Å². The Morgan fingerprint density at radius 3 is 2.20 bits per heavy atom. The fraction of sp³-hybridized carbons (Fsp3) is 0.385. The molecule has 2 aromatic carbocycles. The van der Waals surface area contributed by atoms with E-state index in [1.54, 1.807) is 42.3 Å². The molecule has 2 heterocycles. The maximum Gasteiger partial charge on any atom is 0.433 e. The van der Waals surface area contributed by atoms with Crippen molar-refractivity contribution in [1.29, 1.82) is 5.41 Å². The smallest absolute Gasteiger partial charge is 0.397 e. The van der Waals surface area contributed by atoms with Gasteiger partial charge in [0.15, 0.2) is 5.82 Å². The van der Waals surface area contributed by atoms with Crippen molar-refractivity contribution in [3.8, 4) is 23.0 Å². The first kappa shape index (κ1) is 48.1. The molecule has 0 saturated heterocycles. The highest BCUT2D eigenvalue weighted by molar-refractivity contribution is 8.00. The number of rotatable bonds is 9. The predicted octanol–water partition coefficient (Wildman–Crippen LogP) is 10.3. The molecule has 4 aromatic rings. The Labute approximate surface area is 351 Å². The van der Waals surface area contributed by atoms with Crippen LogP contribution in [0.5, 0.6) is 0 Å². The molecule has 6 N–H and O–H groups in total. The molecule has 324 valence electrons. The number of halogens is 11. The van der Waals surface area contributed by atoms with Gasteiger partial charge in [0.2, 0.25) is 6.41 Å². The van der Waals surface area contributed by atoms with Gasteiger partial charge in [-0.1, -0.05) is 42.5 Å². The first-order chi connectivity index (χ1) is 27.8. The number of carbonyl (C=O) groups is 1. The number of allylic oxidation sites excluding steroid dienone is 2. The van der Waals surface area contributed by atoms with Crippen LogP contribution in [-0.4, -0.2) is 62.4 Å². The number of benzene rings is 2. The number of anilines is 1. The normalized spacial score (nSPS) is 17.3. The van der Waals surface area contributed by atoms with Crippen molar-refractivity contribution in [3.05, 3.63) is 87.3 Å². The lowest BCUT2D eigenvalue weighted by Crippen LogP contribution is -2.30. The average molecular weight is 910 g/mol. The third-order valence-electron chi connectivity index (χ3n) is 9.35. The molecule has 2 aliphatic rings. The number of fused-ring (bicyclic) bond motifs is 2. The van der Waals surface area contributed by atoms with Crippen LogP contribution in [0.1, 0.15) is 50.1 Å². The van der Waals surface area contributed by atoms with E-state index in [4.69, 9.17) is 32.5 Å². The number of thioether (sulfide) groups is 1. The van der Waals surface area contributed by atoms with Crippen LogP contribution in [0.25, 0.3) is 22.0 Å². The highest BCUT2D eigenvalue weighted by Crippen LogP contribution is 2.62. The SMILES string of the molecule is CSNc1nn(CC(F)(F)F)c2c(-c3ccc(C#CC(C)(C)SC)nc3C(C)Cc3cc(F)cc(F)c3)ccc(Cl)c12.N=C(C1=C(N)C(F)(F)C2CC12)C(F)(F)F.NC=O. The molecule has 6 rings (SSSR count). The molecule has 0 spiro atoms. The van der Waals surface area contributed by atoms with Crippen molar-refractivity contribution < 1.29 is 48.7 Å². The van der Waals surface area contributed by atoms with Crippen LogP contribution in [0.4, 0.5) is 49.7 Å². The lowest BCUT2D eigenvalue weighted by molar-refractivity contribution is -0.141. The summed E-state index contributed by atoms with van der Waals surface area (Å²) in [7, 11) is 0. The molecule has 60 heavy (non-hydrogen) atoms. The van der Waals surface area contributed by atoms with Crippen LogP contribution in [0.2, 0.25) is 5.02 Å². The summed E-state index contributed by atoms with van der Waals surface area (Å²) in [5.41, 5.74) is 8.16. The van der Waals surface area contributed by atoms with E-state index >= 15 is 0 Å². The minimum absolute atomic E-state index is 0.0124. The van der Waals surface area contributed by atoms with Crippen molar-refractivity contribution in [2.45, 2.75) is 69.1 Å². The molecule has 0 aliphatic heterocycles. The number of alkyl halides is 8. The molecular weight excluding hydrogens is 872 g/mol. The highest BCUT2D eigenvalue weighted by Gasteiger charge is 2.66. The second kappa shape index (κ2) is 18.6. The second-order valence-corrected chi connectivity index (χ2v) is 16.6. The minimum atomic E-state index is -4.91. The Balaban J connectivity index is 0.000000364. The fourth-order valence-electron chi connectivity index (χ4n) is 6.51. The zero-order chi connectivity index (χ0) is 45.1. The molecule has 3 atom stereocenters. The summed E-state index contributed by atoms with van der Waals surface area (Å²) in [6.45, 7) is 4.47. The standard InChI is InChI=1S/C30H28ClF5N4S2.C8H7F5N2.CH3NO/c1-17(12-18-13-19(32)15-20(33)14-18)26-22(7-6-21(37-26)10-11-29(2,3)41-4)23-8-9-24(31)25-27(23)40(16-30(34,35)36)38-28(25)39-42-5;9-7(10)3-1-2(3)4(5(7)14)6(15)8(11,12)13;2-1-3/h6-9,13-15,17H,12,16H2,1-5H3,(H,38,39);2-3,15H,1,14H2;1H,(H2,2,3). The highest BCUT2D eigenvalue weighted by atomic mass is 35.5. The van der Waals surface area contributed by atoms with Crippen molar-refractivity contribution in [2.75, 3.05) is 17.2 Å². The Kier molecular flexibility index (Phi) is 14.9. The molecule has 21 heteroatoms. The molecule has 8 nitrogen and oxygen atoms in total. The number of pyridine rings is 1. The van der Waals surface area contributed by atoms with Crippen LogP contribution >= 0.6 is 35.3 Å². The fourth-order valence-corrected chi connectivity index (χ4v) is 7.24. The molecule has 0 bridgehead atoms. The quantitative estimate of drug-likeness (QED) is 0.0432. The number of hydrogen-bond donors (Lipinski definition) is 4. The number of primary amides is 1. The van der Waals surface area contributed by atoms with Gasteiger partial charge in [0.1, 0.15) is 29.6 Å². The lowest BCUT2D eigenvalue weighted by atomic mass is 9.90. The van der Waals surface area contributed by atoms with Gasteiger partial charge in [0.05, 0.1) is 32.1 Å². The van der Waals surface area contributed by atoms with Gasteiger partial charge in [-0.25, -0.2) is 13.8 Å². The maximum atomic E-state index is 14.0. The Morgan fingerprint density at radius 2 is 1.68 bits per heavy atom. The molecule has 1 amide bonds. The topological polar surface area (TPSA) is 136 Å². The van der Waals surface area contributed by atoms with Gasteiger partial charge in [0.25, 0.3) is 5.92 Å². The molecule has 1 fully saturated rings. The summed E-state index contributed by atoms with van der Waals surface area (Å²) in [6, 6.07) is 10.0. The van der Waals surface area contributed by atoms with E-state index in [1.165, 1.54) is 24.1 Å². The second-order valence-electron chi connectivity index (χ2n) is 14.1. The Hall–Kier alpha value is -4.61. The minimum Gasteiger partial charge on any atom is -0.397 e. The van der Waals surface area contributed by atoms with E-state index in [2.05, 4.69) is 27.4 Å². The summed E-state index contributed by atoms with van der Waals surface area (Å²) in [5.74, 6) is -0.696. The first-order valence-electron chi connectivity index (χ1n) is 17.6. The third kappa shape index (κ3) is 11.2. The summed E-state index contributed by atoms with van der Waals surface area (Å²) < 4.78 is 135. The van der Waals surface area contributed by atoms with E-state index in [9.17, 15) is 43.9 Å². The summed E-state index contributed by atoms with van der Waals surface area (Å²) in [4.78, 5) is 13.4. The largest absolute Gasteiger partial charge is 0.433 e. The van der Waals surface area contributed by atoms with Gasteiger partial charge in [0, 0.05) is 40.9 Å². The van der Waals surface area contributed by atoms with Crippen LogP contribution < -0.4 is 16.2 Å². The molecule has 2 aromatic heterocycles. The summed E-state index contributed by atoms with van der Waals surface area (Å²) in [6.07, 6.45) is -5.32. The lowest BCUT2D eigenvalue weighted by Gasteiger charge is -2.18. The molecule has 2 aliphatic carbocycles. The summed E-state index contributed by atoms with van der Waals surface area (Å²) >= 11 is 9.27. The van der Waals surface area contributed by atoms with E-state index in [1.807, 2.05) is 27.0 Å². The van der Waals surface area contributed by atoms with Gasteiger partial charge in [-0.2, -0.15) is 40.2 Å². The number of aromatic nitrogens is 3. The van der Waals surface area contributed by atoms with E-state index < -0.39 is 71.2 Å². The number of amides is 1. The number of nitrogens with two attached hydrogens (primary N) is 2. The Bertz CT molecular complexity index is 2330. The van der Waals surface area contributed by atoms with Crippen molar-refractivity contribution in [1.82, 2.24) is 14.8 Å². The van der Waals surface area contributed by atoms with Gasteiger partial charge >= 0.3 is 12.4 Å². The molecule has 3 unspecified atom stereocenters. The number of nitrogens with zero attached hydrogens (tertiary/aromatic N) is 3. The molecule has 0 radical (unpaired) electrons. The average Bonchev–Trinajstić information content (AvgIpc) is 3.82. The number of nitrogens with one attached hydrogen (secondary N) is 2. The Morgan fingerprint density at radius 1 is 1.08 bits per heavy atom. The number of hydrogen-bond acceptors (Lipinski definition) is 8.